The van der Waals surface area contributed by atoms with Crippen LogP contribution in [0.4, 0.5) is 11.5 Å². The molecule has 2 aromatic rings. The normalized spacial score (nSPS) is 14.7. The molecule has 25 heavy (non-hydrogen) atoms. The minimum absolute atomic E-state index is 0.00785. The van der Waals surface area contributed by atoms with E-state index in [2.05, 4.69) is 9.88 Å². The van der Waals surface area contributed by atoms with Crippen LogP contribution in [0.1, 0.15) is 5.56 Å². The Bertz CT molecular complexity index is 784. The van der Waals surface area contributed by atoms with E-state index in [1.54, 1.807) is 29.3 Å². The van der Waals surface area contributed by atoms with Gasteiger partial charge >= 0.3 is 0 Å². The number of nitro groups is 1. The molecule has 128 valence electrons. The fourth-order valence-corrected chi connectivity index (χ4v) is 2.76. The molecule has 1 aromatic heterocycles. The highest BCUT2D eigenvalue weighted by Gasteiger charge is 2.20. The Hall–Kier alpha value is -3.22. The van der Waals surface area contributed by atoms with Crippen LogP contribution in [0.3, 0.4) is 0 Å². The molecule has 1 aromatic carbocycles. The molecule has 0 radical (unpaired) electrons. The number of amides is 1. The van der Waals surface area contributed by atoms with E-state index in [9.17, 15) is 14.9 Å². The van der Waals surface area contributed by atoms with Crippen molar-refractivity contribution >= 4 is 23.5 Å². The quantitative estimate of drug-likeness (QED) is 0.486. The fourth-order valence-electron chi connectivity index (χ4n) is 2.76. The average molecular weight is 338 g/mol. The van der Waals surface area contributed by atoms with Crippen LogP contribution in [0.25, 0.3) is 6.08 Å². The van der Waals surface area contributed by atoms with Crippen molar-refractivity contribution < 1.29 is 9.72 Å². The lowest BCUT2D eigenvalue weighted by Gasteiger charge is -2.34. The van der Waals surface area contributed by atoms with E-state index in [0.29, 0.717) is 31.7 Å². The molecular weight excluding hydrogens is 320 g/mol. The van der Waals surface area contributed by atoms with Crippen molar-refractivity contribution in [3.63, 3.8) is 0 Å². The summed E-state index contributed by atoms with van der Waals surface area (Å²) in [5.41, 5.74) is 0.416. The first-order valence-electron chi connectivity index (χ1n) is 8.01. The van der Waals surface area contributed by atoms with Gasteiger partial charge in [0.2, 0.25) is 5.91 Å². The number of rotatable bonds is 4. The summed E-state index contributed by atoms with van der Waals surface area (Å²) in [6.45, 7) is 2.61. The van der Waals surface area contributed by atoms with Crippen LogP contribution in [0, 0.1) is 10.1 Å². The van der Waals surface area contributed by atoms with E-state index < -0.39 is 4.92 Å². The third-order valence-electron chi connectivity index (χ3n) is 4.10. The lowest BCUT2D eigenvalue weighted by molar-refractivity contribution is -0.385. The standard InChI is InChI=1S/C18H18N4O3/c23-18(9-8-15-5-1-2-6-16(15)22(24)25)21-13-11-20(12-14-21)17-7-3-4-10-19-17/h1-10H,11-14H2/b9-8+. The largest absolute Gasteiger partial charge is 0.353 e. The number of piperazine rings is 1. The first-order valence-corrected chi connectivity index (χ1v) is 8.01. The maximum atomic E-state index is 12.3. The summed E-state index contributed by atoms with van der Waals surface area (Å²) >= 11 is 0. The van der Waals surface area contributed by atoms with Gasteiger partial charge in [0.15, 0.2) is 0 Å². The van der Waals surface area contributed by atoms with Gasteiger partial charge in [-0.2, -0.15) is 0 Å². The summed E-state index contributed by atoms with van der Waals surface area (Å²) in [6.07, 6.45) is 4.66. The van der Waals surface area contributed by atoms with Crippen molar-refractivity contribution in [1.82, 2.24) is 9.88 Å². The Balaban J connectivity index is 1.61. The molecule has 7 nitrogen and oxygen atoms in total. The van der Waals surface area contributed by atoms with Crippen LogP contribution in [0.15, 0.2) is 54.7 Å². The summed E-state index contributed by atoms with van der Waals surface area (Å²) < 4.78 is 0. The van der Waals surface area contributed by atoms with Crippen molar-refractivity contribution in [2.45, 2.75) is 0 Å². The monoisotopic (exact) mass is 338 g/mol. The zero-order valence-electron chi connectivity index (χ0n) is 13.6. The molecule has 0 unspecified atom stereocenters. The number of para-hydroxylation sites is 1. The smallest absolute Gasteiger partial charge is 0.276 e. The molecule has 0 bridgehead atoms. The molecule has 7 heteroatoms. The van der Waals surface area contributed by atoms with Crippen molar-refractivity contribution in [2.24, 2.45) is 0 Å². The van der Waals surface area contributed by atoms with Gasteiger partial charge in [-0.25, -0.2) is 4.98 Å². The van der Waals surface area contributed by atoms with Crippen molar-refractivity contribution in [2.75, 3.05) is 31.1 Å². The molecule has 0 spiro atoms. The van der Waals surface area contributed by atoms with Crippen LogP contribution in [-0.2, 0) is 4.79 Å². The molecule has 0 aliphatic carbocycles. The second-order valence-electron chi connectivity index (χ2n) is 5.65. The lowest BCUT2D eigenvalue weighted by atomic mass is 10.1. The van der Waals surface area contributed by atoms with Gasteiger partial charge in [0, 0.05) is 44.5 Å². The molecule has 1 amide bonds. The highest BCUT2D eigenvalue weighted by Crippen LogP contribution is 2.19. The highest BCUT2D eigenvalue weighted by molar-refractivity contribution is 5.92. The molecule has 3 rings (SSSR count). The predicted molar refractivity (Wildman–Crippen MR) is 95.2 cm³/mol. The average Bonchev–Trinajstić information content (AvgIpc) is 2.67. The number of aromatic nitrogens is 1. The van der Waals surface area contributed by atoms with Crippen molar-refractivity contribution in [3.05, 3.63) is 70.4 Å². The number of hydrogen-bond acceptors (Lipinski definition) is 5. The van der Waals surface area contributed by atoms with Crippen LogP contribution >= 0.6 is 0 Å². The van der Waals surface area contributed by atoms with E-state index in [-0.39, 0.29) is 11.6 Å². The third kappa shape index (κ3) is 4.00. The second kappa shape index (κ2) is 7.57. The summed E-state index contributed by atoms with van der Waals surface area (Å²) in [5, 5.41) is 11.0. The van der Waals surface area contributed by atoms with E-state index >= 15 is 0 Å². The molecule has 1 aliphatic heterocycles. The minimum atomic E-state index is -0.449. The number of benzene rings is 1. The van der Waals surface area contributed by atoms with E-state index in [1.807, 2.05) is 18.2 Å². The van der Waals surface area contributed by atoms with Crippen molar-refractivity contribution in [1.29, 1.82) is 0 Å². The zero-order valence-corrected chi connectivity index (χ0v) is 13.6. The Labute approximate surface area is 145 Å². The Morgan fingerprint density at radius 2 is 1.80 bits per heavy atom. The SMILES string of the molecule is O=C(/C=C/c1ccccc1[N+](=O)[O-])N1CCN(c2ccccn2)CC1. The molecule has 0 atom stereocenters. The molecule has 0 N–H and O–H groups in total. The molecule has 2 heterocycles. The number of anilines is 1. The molecule has 0 saturated carbocycles. The van der Waals surface area contributed by atoms with Crippen LogP contribution in [0.5, 0.6) is 0 Å². The van der Waals surface area contributed by atoms with Crippen molar-refractivity contribution in [3.8, 4) is 0 Å². The number of hydrogen-bond donors (Lipinski definition) is 0. The Morgan fingerprint density at radius 3 is 2.48 bits per heavy atom. The number of nitrogens with zero attached hydrogens (tertiary/aromatic N) is 4. The zero-order chi connectivity index (χ0) is 17.6. The fraction of sp³-hybridized carbons (Fsp3) is 0.222. The van der Waals surface area contributed by atoms with Crippen LogP contribution < -0.4 is 4.90 Å². The number of nitro benzene ring substituents is 1. The summed E-state index contributed by atoms with van der Waals surface area (Å²) in [5.74, 6) is 0.767. The van der Waals surface area contributed by atoms with Gasteiger partial charge in [0.05, 0.1) is 10.5 Å². The highest BCUT2D eigenvalue weighted by atomic mass is 16.6. The molecule has 1 saturated heterocycles. The predicted octanol–water partition coefficient (Wildman–Crippen LogP) is 2.35. The molecule has 1 fully saturated rings. The Morgan fingerprint density at radius 1 is 1.08 bits per heavy atom. The number of carbonyl (C=O) groups is 1. The lowest BCUT2D eigenvalue weighted by Crippen LogP contribution is -2.48. The van der Waals surface area contributed by atoms with Gasteiger partial charge in [0.25, 0.3) is 5.69 Å². The van der Waals surface area contributed by atoms with Gasteiger partial charge in [-0.1, -0.05) is 18.2 Å². The topological polar surface area (TPSA) is 79.6 Å². The molecular formula is C18H18N4O3. The van der Waals surface area contributed by atoms with Gasteiger partial charge in [-0.15, -0.1) is 0 Å². The molecule has 1 aliphatic rings. The maximum absolute atomic E-state index is 12.3. The van der Waals surface area contributed by atoms with Gasteiger partial charge in [-0.3, -0.25) is 14.9 Å². The first kappa shape index (κ1) is 16.6. The van der Waals surface area contributed by atoms with Crippen LogP contribution in [-0.4, -0.2) is 46.9 Å². The van der Waals surface area contributed by atoms with Crippen LogP contribution in [0.2, 0.25) is 0 Å². The van der Waals surface area contributed by atoms with E-state index in [4.69, 9.17) is 0 Å². The van der Waals surface area contributed by atoms with Gasteiger partial charge in [0.1, 0.15) is 5.82 Å². The minimum Gasteiger partial charge on any atom is -0.353 e. The number of carbonyl (C=O) groups excluding carboxylic acids is 1. The van der Waals surface area contributed by atoms with Gasteiger partial charge in [-0.05, 0) is 24.3 Å². The van der Waals surface area contributed by atoms with Gasteiger partial charge < -0.3 is 9.80 Å². The number of pyridine rings is 1. The third-order valence-corrected chi connectivity index (χ3v) is 4.10. The Kier molecular flexibility index (Phi) is 5.03. The first-order chi connectivity index (χ1) is 12.1. The summed E-state index contributed by atoms with van der Waals surface area (Å²) in [7, 11) is 0. The summed E-state index contributed by atoms with van der Waals surface area (Å²) in [4.78, 5) is 31.1. The van der Waals surface area contributed by atoms with E-state index in [0.717, 1.165) is 5.82 Å². The second-order valence-corrected chi connectivity index (χ2v) is 5.65. The van der Waals surface area contributed by atoms with E-state index in [1.165, 1.54) is 18.2 Å². The summed E-state index contributed by atoms with van der Waals surface area (Å²) in [6, 6.07) is 12.1. The maximum Gasteiger partial charge on any atom is 0.276 e.